The Kier molecular flexibility index (Phi) is 7.98. The maximum atomic E-state index is 12.7. The number of carbonyl (C=O) groups is 1. The van der Waals surface area contributed by atoms with Gasteiger partial charge in [0.15, 0.2) is 0 Å². The third-order valence-corrected chi connectivity index (χ3v) is 7.95. The van der Waals surface area contributed by atoms with Crippen molar-refractivity contribution < 1.29 is 23.8 Å². The molecule has 0 spiro atoms. The van der Waals surface area contributed by atoms with E-state index in [9.17, 15) is 9.90 Å². The Morgan fingerprint density at radius 2 is 1.74 bits per heavy atom. The van der Waals surface area contributed by atoms with Crippen LogP contribution in [0, 0.1) is 0 Å². The summed E-state index contributed by atoms with van der Waals surface area (Å²) in [5.41, 5.74) is 3.31. The van der Waals surface area contributed by atoms with Gasteiger partial charge in [0.1, 0.15) is 17.2 Å². The van der Waals surface area contributed by atoms with Crippen LogP contribution in [0.15, 0.2) is 59.0 Å². The van der Waals surface area contributed by atoms with Gasteiger partial charge in [0.25, 0.3) is 0 Å². The molecular weight excluding hydrogens is 546 g/mol. The van der Waals surface area contributed by atoms with Crippen molar-refractivity contribution in [1.29, 1.82) is 0 Å². The van der Waals surface area contributed by atoms with E-state index in [2.05, 4.69) is 39.8 Å². The zero-order valence-corrected chi connectivity index (χ0v) is 25.0. The molecule has 10 nitrogen and oxygen atoms in total. The highest BCUT2D eigenvalue weighted by Gasteiger charge is 2.41. The van der Waals surface area contributed by atoms with Gasteiger partial charge in [-0.15, -0.1) is 0 Å². The van der Waals surface area contributed by atoms with Crippen molar-refractivity contribution in [2.24, 2.45) is 0 Å². The number of amides is 1. The summed E-state index contributed by atoms with van der Waals surface area (Å²) in [5.74, 6) is 1.87. The number of rotatable bonds is 8. The van der Waals surface area contributed by atoms with Crippen LogP contribution in [0.1, 0.15) is 45.6 Å². The minimum atomic E-state index is -0.565. The molecular formula is C33H39N5O5. The first-order valence-electron chi connectivity index (χ1n) is 15.0. The smallest absolute Gasteiger partial charge is 0.408 e. The molecule has 2 aromatic heterocycles. The molecule has 2 aliphatic rings. The summed E-state index contributed by atoms with van der Waals surface area (Å²) in [5, 5.41) is 16.5. The highest BCUT2D eigenvalue weighted by molar-refractivity contribution is 6.06. The first kappa shape index (κ1) is 28.9. The van der Waals surface area contributed by atoms with E-state index in [4.69, 9.17) is 23.9 Å². The number of nitrogens with zero attached hydrogens (tertiary/aromatic N) is 3. The van der Waals surface area contributed by atoms with Gasteiger partial charge in [-0.1, -0.05) is 54.6 Å². The Balaban J connectivity index is 1.44. The Hall–Kier alpha value is -4.15. The average molecular weight is 586 g/mol. The molecule has 1 saturated heterocycles. The van der Waals surface area contributed by atoms with Crippen molar-refractivity contribution in [3.63, 3.8) is 0 Å². The van der Waals surface area contributed by atoms with Gasteiger partial charge in [0.05, 0.1) is 30.7 Å². The minimum Gasteiger partial charge on any atom is -0.444 e. The number of hydrogen-bond acceptors (Lipinski definition) is 9. The number of aliphatic hydroxyl groups excluding tert-OH is 1. The average Bonchev–Trinajstić information content (AvgIpc) is 3.37. The minimum absolute atomic E-state index is 0.0381. The Morgan fingerprint density at radius 1 is 1.02 bits per heavy atom. The van der Waals surface area contributed by atoms with Gasteiger partial charge in [-0.05, 0) is 51.2 Å². The number of aromatic nitrogens is 2. The molecule has 6 rings (SSSR count). The molecule has 0 bridgehead atoms. The zero-order valence-electron chi connectivity index (χ0n) is 25.0. The molecule has 10 heteroatoms. The largest absolute Gasteiger partial charge is 0.444 e. The van der Waals surface area contributed by atoms with Crippen LogP contribution < -0.4 is 15.5 Å². The van der Waals surface area contributed by atoms with Gasteiger partial charge < -0.3 is 34.5 Å². The van der Waals surface area contributed by atoms with Crippen LogP contribution in [0.3, 0.4) is 0 Å². The molecule has 1 aliphatic carbocycles. The molecule has 4 aromatic rings. The van der Waals surface area contributed by atoms with E-state index in [1.54, 1.807) is 0 Å². The number of ether oxygens (including phenoxy) is 2. The van der Waals surface area contributed by atoms with Crippen LogP contribution >= 0.6 is 0 Å². The second-order valence-electron chi connectivity index (χ2n) is 12.1. The molecule has 226 valence electrons. The normalized spacial score (nSPS) is 16.5. The molecule has 0 atom stereocenters. The van der Waals surface area contributed by atoms with Crippen LogP contribution in [0.4, 0.5) is 16.6 Å². The number of aliphatic hydroxyl groups is 1. The van der Waals surface area contributed by atoms with E-state index in [1.807, 2.05) is 51.1 Å². The lowest BCUT2D eigenvalue weighted by Crippen LogP contribution is -2.52. The van der Waals surface area contributed by atoms with E-state index in [1.165, 1.54) is 0 Å². The fourth-order valence-electron chi connectivity index (χ4n) is 5.77. The van der Waals surface area contributed by atoms with Crippen molar-refractivity contribution in [2.75, 3.05) is 49.7 Å². The Labute approximate surface area is 251 Å². The molecule has 2 fully saturated rings. The number of hydrogen-bond donors (Lipinski definition) is 3. The van der Waals surface area contributed by atoms with Gasteiger partial charge in [0.2, 0.25) is 11.7 Å². The van der Waals surface area contributed by atoms with Crippen molar-refractivity contribution in [2.45, 2.75) is 51.2 Å². The maximum absolute atomic E-state index is 12.7. The Morgan fingerprint density at radius 3 is 2.37 bits per heavy atom. The van der Waals surface area contributed by atoms with E-state index < -0.39 is 17.2 Å². The van der Waals surface area contributed by atoms with Gasteiger partial charge in [0, 0.05) is 30.8 Å². The molecule has 1 aliphatic heterocycles. The summed E-state index contributed by atoms with van der Waals surface area (Å²) < 4.78 is 17.8. The van der Waals surface area contributed by atoms with Crippen molar-refractivity contribution >= 4 is 29.0 Å². The zero-order chi connectivity index (χ0) is 30.0. The highest BCUT2D eigenvalue weighted by Crippen LogP contribution is 2.46. The van der Waals surface area contributed by atoms with Gasteiger partial charge in [-0.3, -0.25) is 0 Å². The number of carbonyl (C=O) groups excluding carboxylic acids is 1. The topological polar surface area (TPSA) is 122 Å². The fraction of sp³-hybridized carbons (Fsp3) is 0.424. The third kappa shape index (κ3) is 6.03. The number of fused-ring (bicyclic) bond motifs is 1. The fourth-order valence-corrected chi connectivity index (χ4v) is 5.77. The summed E-state index contributed by atoms with van der Waals surface area (Å²) >= 11 is 0. The first-order chi connectivity index (χ1) is 20.8. The quantitative estimate of drug-likeness (QED) is 0.239. The summed E-state index contributed by atoms with van der Waals surface area (Å²) in [6.07, 6.45) is 2.34. The molecule has 0 radical (unpaired) electrons. The second-order valence-corrected chi connectivity index (χ2v) is 12.1. The van der Waals surface area contributed by atoms with E-state index >= 15 is 0 Å². The summed E-state index contributed by atoms with van der Waals surface area (Å²) in [4.78, 5) is 24.5. The van der Waals surface area contributed by atoms with Gasteiger partial charge >= 0.3 is 6.09 Å². The molecule has 43 heavy (non-hydrogen) atoms. The molecule has 3 heterocycles. The van der Waals surface area contributed by atoms with Crippen LogP contribution in [0.2, 0.25) is 0 Å². The van der Waals surface area contributed by atoms with E-state index in [0.717, 1.165) is 52.7 Å². The van der Waals surface area contributed by atoms with Crippen molar-refractivity contribution in [1.82, 2.24) is 15.3 Å². The Bertz CT molecular complexity index is 1570. The molecule has 3 N–H and O–H groups in total. The van der Waals surface area contributed by atoms with Gasteiger partial charge in [-0.2, -0.15) is 9.97 Å². The van der Waals surface area contributed by atoms with Crippen LogP contribution in [-0.2, 0) is 15.0 Å². The number of furan rings is 1. The lowest BCUT2D eigenvalue weighted by molar-refractivity contribution is 0.0377. The lowest BCUT2D eigenvalue weighted by atomic mass is 9.71. The number of alkyl carbamates (subject to hydrolysis) is 1. The molecule has 2 aromatic carbocycles. The first-order valence-corrected chi connectivity index (χ1v) is 15.0. The SMILES string of the molecule is CC(C)(C)OC(=O)NC1(c2ccc(-c3oc4nc(NCCO)nc(N5CCOCC5)c4c3-c3ccccc3)cc2)CCC1. The van der Waals surface area contributed by atoms with Crippen LogP contribution in [0.25, 0.3) is 33.6 Å². The van der Waals surface area contributed by atoms with E-state index in [-0.39, 0.29) is 6.61 Å². The summed E-state index contributed by atoms with van der Waals surface area (Å²) in [6.45, 7) is 8.50. The second kappa shape index (κ2) is 11.9. The summed E-state index contributed by atoms with van der Waals surface area (Å²) in [7, 11) is 0. The molecule has 0 unspecified atom stereocenters. The lowest BCUT2D eigenvalue weighted by Gasteiger charge is -2.43. The van der Waals surface area contributed by atoms with Gasteiger partial charge in [-0.25, -0.2) is 4.79 Å². The number of morpholine rings is 1. The van der Waals surface area contributed by atoms with E-state index in [0.29, 0.717) is 50.3 Å². The van der Waals surface area contributed by atoms with Crippen LogP contribution in [0.5, 0.6) is 0 Å². The molecule has 1 saturated carbocycles. The standard InChI is InChI=1S/C33H39N5O5/c1-32(2,3)43-31(40)37-33(14-7-15-33)24-12-10-23(11-13-24)27-25(22-8-5-4-6-9-22)26-28(38-17-20-41-21-18-38)35-30(34-16-19-39)36-29(26)42-27/h4-6,8-13,39H,7,14-21H2,1-3H3,(H,37,40)(H,34,35,36). The monoisotopic (exact) mass is 585 g/mol. The summed E-state index contributed by atoms with van der Waals surface area (Å²) in [6, 6.07) is 18.4. The number of anilines is 2. The van der Waals surface area contributed by atoms with Crippen molar-refractivity contribution in [3.05, 3.63) is 60.2 Å². The van der Waals surface area contributed by atoms with Crippen LogP contribution in [-0.4, -0.2) is 66.2 Å². The number of nitrogens with one attached hydrogen (secondary N) is 2. The highest BCUT2D eigenvalue weighted by atomic mass is 16.6. The third-order valence-electron chi connectivity index (χ3n) is 7.95. The maximum Gasteiger partial charge on any atom is 0.408 e. The number of benzene rings is 2. The van der Waals surface area contributed by atoms with Crippen molar-refractivity contribution in [3.8, 4) is 22.5 Å². The molecule has 1 amide bonds. The predicted molar refractivity (Wildman–Crippen MR) is 166 cm³/mol. The predicted octanol–water partition coefficient (Wildman–Crippen LogP) is 5.70.